The maximum atomic E-state index is 12.1. The van der Waals surface area contributed by atoms with Gasteiger partial charge in [0.25, 0.3) is 0 Å². The fourth-order valence-electron chi connectivity index (χ4n) is 3.83. The molecule has 108 valence electrons. The number of fused-ring (bicyclic) bond motifs is 2. The maximum absolute atomic E-state index is 12.1. The number of benzene rings is 1. The van der Waals surface area contributed by atoms with Gasteiger partial charge in [-0.1, -0.05) is 42.5 Å². The van der Waals surface area contributed by atoms with Crippen molar-refractivity contribution in [3.8, 4) is 0 Å². The van der Waals surface area contributed by atoms with Gasteiger partial charge >= 0.3 is 0 Å². The van der Waals surface area contributed by atoms with E-state index in [2.05, 4.69) is 34.8 Å². The average molecular weight is 280 g/mol. The summed E-state index contributed by atoms with van der Waals surface area (Å²) in [5.41, 5.74) is 4.00. The van der Waals surface area contributed by atoms with E-state index in [-0.39, 0.29) is 11.8 Å². The van der Waals surface area contributed by atoms with Gasteiger partial charge in [-0.25, -0.2) is 5.43 Å². The average Bonchev–Trinajstić information content (AvgIpc) is 3.06. The minimum atomic E-state index is 0.0683. The number of hydrogen-bond acceptors (Lipinski definition) is 2. The minimum Gasteiger partial charge on any atom is -0.273 e. The number of carbonyl (C=O) groups is 1. The zero-order chi connectivity index (χ0) is 14.2. The van der Waals surface area contributed by atoms with Gasteiger partial charge in [0.05, 0.1) is 0 Å². The molecule has 1 aromatic rings. The van der Waals surface area contributed by atoms with Crippen molar-refractivity contribution in [3.63, 3.8) is 0 Å². The first-order valence-electron chi connectivity index (χ1n) is 7.87. The zero-order valence-electron chi connectivity index (χ0n) is 12.0. The van der Waals surface area contributed by atoms with Gasteiger partial charge in [-0.15, -0.1) is 0 Å². The zero-order valence-corrected chi connectivity index (χ0v) is 12.0. The normalized spacial score (nSPS) is 36.3. The van der Waals surface area contributed by atoms with Gasteiger partial charge in [0.1, 0.15) is 0 Å². The van der Waals surface area contributed by atoms with E-state index in [1.54, 1.807) is 0 Å². The highest BCUT2D eigenvalue weighted by Gasteiger charge is 2.43. The van der Waals surface area contributed by atoms with Crippen LogP contribution in [-0.4, -0.2) is 12.1 Å². The summed E-state index contributed by atoms with van der Waals surface area (Å²) >= 11 is 0. The Morgan fingerprint density at radius 1 is 1.14 bits per heavy atom. The lowest BCUT2D eigenvalue weighted by Gasteiger charge is -2.11. The molecule has 21 heavy (non-hydrogen) atoms. The summed E-state index contributed by atoms with van der Waals surface area (Å²) in [4.78, 5) is 12.1. The van der Waals surface area contributed by atoms with Crippen molar-refractivity contribution in [3.05, 3.63) is 48.0 Å². The van der Waals surface area contributed by atoms with Crippen LogP contribution in [0.3, 0.4) is 0 Å². The Balaban J connectivity index is 1.29. The highest BCUT2D eigenvalue weighted by Crippen LogP contribution is 2.47. The van der Waals surface area contributed by atoms with Gasteiger partial charge in [0.2, 0.25) is 5.91 Å². The monoisotopic (exact) mass is 280 g/mol. The third-order valence-corrected chi connectivity index (χ3v) is 5.13. The van der Waals surface area contributed by atoms with Crippen LogP contribution in [0, 0.1) is 23.7 Å². The molecule has 3 heteroatoms. The molecular formula is C18H20N2O. The first kappa shape index (κ1) is 12.8. The fraction of sp³-hybridized carbons (Fsp3) is 0.444. The van der Waals surface area contributed by atoms with Crippen molar-refractivity contribution < 1.29 is 4.79 Å². The number of nitrogens with one attached hydrogen (secondary N) is 1. The van der Waals surface area contributed by atoms with Gasteiger partial charge in [0.15, 0.2) is 0 Å². The molecule has 0 heterocycles. The van der Waals surface area contributed by atoms with Crippen LogP contribution in [0.2, 0.25) is 0 Å². The Morgan fingerprint density at radius 3 is 2.71 bits per heavy atom. The second kappa shape index (κ2) is 5.14. The summed E-state index contributed by atoms with van der Waals surface area (Å²) in [7, 11) is 0. The Kier molecular flexibility index (Phi) is 3.13. The van der Waals surface area contributed by atoms with Crippen molar-refractivity contribution in [2.45, 2.75) is 25.2 Å². The number of nitrogens with zero attached hydrogens (tertiary/aromatic N) is 1. The molecule has 0 spiro atoms. The van der Waals surface area contributed by atoms with Crippen LogP contribution in [0.4, 0.5) is 0 Å². The molecule has 3 nitrogen and oxygen atoms in total. The number of hydrazone groups is 1. The van der Waals surface area contributed by atoms with Crippen LogP contribution >= 0.6 is 0 Å². The van der Waals surface area contributed by atoms with E-state index in [0.717, 1.165) is 12.3 Å². The molecular weight excluding hydrogens is 260 g/mol. The van der Waals surface area contributed by atoms with Gasteiger partial charge in [-0.2, -0.15) is 5.10 Å². The van der Waals surface area contributed by atoms with Crippen molar-refractivity contribution in [2.75, 3.05) is 0 Å². The minimum absolute atomic E-state index is 0.0683. The van der Waals surface area contributed by atoms with Crippen molar-refractivity contribution >= 4 is 12.1 Å². The van der Waals surface area contributed by atoms with Gasteiger partial charge in [-0.3, -0.25) is 4.79 Å². The second-order valence-corrected chi connectivity index (χ2v) is 6.56. The molecule has 0 aromatic heterocycles. The van der Waals surface area contributed by atoms with E-state index in [0.29, 0.717) is 17.8 Å². The summed E-state index contributed by atoms with van der Waals surface area (Å²) in [6.07, 6.45) is 9.98. The summed E-state index contributed by atoms with van der Waals surface area (Å²) in [5.74, 6) is 2.46. The molecule has 5 unspecified atom stereocenters. The van der Waals surface area contributed by atoms with Crippen LogP contribution in [0.15, 0.2) is 47.6 Å². The standard InChI is InChI=1S/C18H20N2O/c21-18(17-10-16(17)13-4-2-1-3-5-13)20-19-11-15-9-12-6-7-14(15)8-12/h1-7,11-12,14-17H,8-10H2,(H,20,21). The molecule has 1 aromatic carbocycles. The molecule has 2 bridgehead atoms. The number of amides is 1. The highest BCUT2D eigenvalue weighted by atomic mass is 16.2. The van der Waals surface area contributed by atoms with Crippen LogP contribution in [0.5, 0.6) is 0 Å². The molecule has 1 amide bonds. The topological polar surface area (TPSA) is 41.5 Å². The Labute approximate surface area is 125 Å². The molecule has 0 saturated heterocycles. The smallest absolute Gasteiger partial charge is 0.243 e. The van der Waals surface area contributed by atoms with Crippen molar-refractivity contribution in [1.29, 1.82) is 0 Å². The predicted molar refractivity (Wildman–Crippen MR) is 82.8 cm³/mol. The Hall–Kier alpha value is -1.90. The van der Waals surface area contributed by atoms with E-state index in [4.69, 9.17) is 0 Å². The lowest BCUT2D eigenvalue weighted by Crippen LogP contribution is -2.21. The predicted octanol–water partition coefficient (Wildman–Crippen LogP) is 3.10. The molecule has 1 N–H and O–H groups in total. The third-order valence-electron chi connectivity index (χ3n) is 5.13. The molecule has 4 rings (SSSR count). The lowest BCUT2D eigenvalue weighted by molar-refractivity contribution is -0.122. The van der Waals surface area contributed by atoms with E-state index in [1.807, 2.05) is 24.4 Å². The first-order chi connectivity index (χ1) is 10.3. The maximum Gasteiger partial charge on any atom is 0.243 e. The lowest BCUT2D eigenvalue weighted by atomic mass is 9.95. The molecule has 3 aliphatic rings. The Morgan fingerprint density at radius 2 is 2.00 bits per heavy atom. The Bertz CT molecular complexity index is 592. The summed E-state index contributed by atoms with van der Waals surface area (Å²) in [5, 5.41) is 4.20. The number of rotatable bonds is 4. The van der Waals surface area contributed by atoms with E-state index >= 15 is 0 Å². The molecule has 5 atom stereocenters. The fourth-order valence-corrected chi connectivity index (χ4v) is 3.83. The number of allylic oxidation sites excluding steroid dienone is 2. The first-order valence-corrected chi connectivity index (χ1v) is 7.87. The van der Waals surface area contributed by atoms with Gasteiger partial charge in [0, 0.05) is 18.1 Å². The van der Waals surface area contributed by atoms with Crippen LogP contribution in [0.25, 0.3) is 0 Å². The van der Waals surface area contributed by atoms with E-state index in [9.17, 15) is 4.79 Å². The van der Waals surface area contributed by atoms with Crippen molar-refractivity contribution in [1.82, 2.24) is 5.43 Å². The molecule has 2 fully saturated rings. The number of hydrogen-bond donors (Lipinski definition) is 1. The third kappa shape index (κ3) is 2.53. The van der Waals surface area contributed by atoms with Crippen LogP contribution in [-0.2, 0) is 4.79 Å². The summed E-state index contributed by atoms with van der Waals surface area (Å²) in [6, 6.07) is 10.3. The molecule has 0 aliphatic heterocycles. The quantitative estimate of drug-likeness (QED) is 0.514. The van der Waals surface area contributed by atoms with E-state index < -0.39 is 0 Å². The summed E-state index contributed by atoms with van der Waals surface area (Å²) < 4.78 is 0. The van der Waals surface area contributed by atoms with Crippen molar-refractivity contribution in [2.24, 2.45) is 28.8 Å². The molecule has 3 aliphatic carbocycles. The van der Waals surface area contributed by atoms with Crippen LogP contribution in [0.1, 0.15) is 30.7 Å². The van der Waals surface area contributed by atoms with Crippen LogP contribution < -0.4 is 5.43 Å². The van der Waals surface area contributed by atoms with Gasteiger partial charge < -0.3 is 0 Å². The second-order valence-electron chi connectivity index (χ2n) is 6.56. The molecule has 2 saturated carbocycles. The summed E-state index contributed by atoms with van der Waals surface area (Å²) in [6.45, 7) is 0. The highest BCUT2D eigenvalue weighted by molar-refractivity contribution is 5.83. The number of carbonyl (C=O) groups excluding carboxylic acids is 1. The largest absolute Gasteiger partial charge is 0.273 e. The van der Waals surface area contributed by atoms with E-state index in [1.165, 1.54) is 18.4 Å². The van der Waals surface area contributed by atoms with Gasteiger partial charge in [-0.05, 0) is 42.6 Å². The molecule has 0 radical (unpaired) electrons. The SMILES string of the molecule is O=C(NN=CC1CC2C=CC1C2)C1CC1c1ccccc1.